The van der Waals surface area contributed by atoms with Gasteiger partial charge in [-0.05, 0) is 38.0 Å². The Balaban J connectivity index is 2.60. The van der Waals surface area contributed by atoms with Crippen LogP contribution < -0.4 is 0 Å². The zero-order valence-corrected chi connectivity index (χ0v) is 10.8. The number of hydrogen-bond donors (Lipinski definition) is 0. The SMILES string of the molecule is Cc1ccc(S(=O)(=O)n2cc(C)cn2)c(C)c1. The Morgan fingerprint density at radius 2 is 1.82 bits per heavy atom. The maximum atomic E-state index is 12.3. The molecule has 0 aliphatic carbocycles. The van der Waals surface area contributed by atoms with E-state index in [-0.39, 0.29) is 0 Å². The second-order valence-electron chi connectivity index (χ2n) is 4.16. The predicted molar refractivity (Wildman–Crippen MR) is 65.5 cm³/mol. The van der Waals surface area contributed by atoms with Crippen LogP contribution in [0.25, 0.3) is 0 Å². The molecule has 5 heteroatoms. The molecule has 0 aliphatic rings. The van der Waals surface area contributed by atoms with Crippen molar-refractivity contribution in [2.75, 3.05) is 0 Å². The Morgan fingerprint density at radius 3 is 2.35 bits per heavy atom. The first-order chi connectivity index (χ1) is 7.91. The van der Waals surface area contributed by atoms with Crippen LogP contribution in [-0.4, -0.2) is 17.6 Å². The first-order valence-electron chi connectivity index (χ1n) is 5.25. The maximum absolute atomic E-state index is 12.3. The van der Waals surface area contributed by atoms with Gasteiger partial charge in [-0.1, -0.05) is 17.7 Å². The summed E-state index contributed by atoms with van der Waals surface area (Å²) in [5.74, 6) is 0. The van der Waals surface area contributed by atoms with Gasteiger partial charge in [0.15, 0.2) is 0 Å². The summed E-state index contributed by atoms with van der Waals surface area (Å²) >= 11 is 0. The van der Waals surface area contributed by atoms with Crippen LogP contribution in [0.4, 0.5) is 0 Å². The van der Waals surface area contributed by atoms with Crippen molar-refractivity contribution in [3.63, 3.8) is 0 Å². The molecule has 2 aromatic rings. The lowest BCUT2D eigenvalue weighted by Crippen LogP contribution is -2.14. The van der Waals surface area contributed by atoms with Crippen molar-refractivity contribution in [3.05, 3.63) is 47.3 Å². The van der Waals surface area contributed by atoms with Crippen molar-refractivity contribution in [2.24, 2.45) is 0 Å². The highest BCUT2D eigenvalue weighted by Gasteiger charge is 2.19. The van der Waals surface area contributed by atoms with Gasteiger partial charge in [-0.3, -0.25) is 0 Å². The number of aryl methyl sites for hydroxylation is 3. The van der Waals surface area contributed by atoms with Gasteiger partial charge >= 0.3 is 0 Å². The molecule has 0 atom stereocenters. The van der Waals surface area contributed by atoms with Gasteiger partial charge < -0.3 is 0 Å². The summed E-state index contributed by atoms with van der Waals surface area (Å²) in [5, 5.41) is 3.86. The predicted octanol–water partition coefficient (Wildman–Crippen LogP) is 2.05. The van der Waals surface area contributed by atoms with E-state index >= 15 is 0 Å². The van der Waals surface area contributed by atoms with E-state index in [1.807, 2.05) is 13.0 Å². The summed E-state index contributed by atoms with van der Waals surface area (Å²) in [4.78, 5) is 0.297. The normalized spacial score (nSPS) is 11.7. The van der Waals surface area contributed by atoms with Crippen molar-refractivity contribution in [1.29, 1.82) is 0 Å². The topological polar surface area (TPSA) is 52.0 Å². The Bertz CT molecular complexity index is 657. The van der Waals surface area contributed by atoms with Gasteiger partial charge in [0.05, 0.1) is 11.1 Å². The Morgan fingerprint density at radius 1 is 1.12 bits per heavy atom. The van der Waals surface area contributed by atoms with E-state index in [0.29, 0.717) is 4.90 Å². The molecular weight excluding hydrogens is 236 g/mol. The molecule has 0 bridgehead atoms. The van der Waals surface area contributed by atoms with E-state index in [4.69, 9.17) is 0 Å². The molecule has 0 aliphatic heterocycles. The molecule has 90 valence electrons. The fraction of sp³-hybridized carbons (Fsp3) is 0.250. The van der Waals surface area contributed by atoms with Gasteiger partial charge in [-0.15, -0.1) is 0 Å². The first kappa shape index (κ1) is 11.9. The highest BCUT2D eigenvalue weighted by molar-refractivity contribution is 7.89. The van der Waals surface area contributed by atoms with E-state index in [1.165, 1.54) is 12.4 Å². The first-order valence-corrected chi connectivity index (χ1v) is 6.69. The summed E-state index contributed by atoms with van der Waals surface area (Å²) in [6.07, 6.45) is 3.04. The fourth-order valence-electron chi connectivity index (χ4n) is 1.71. The van der Waals surface area contributed by atoms with Crippen molar-refractivity contribution in [2.45, 2.75) is 25.7 Å². The average Bonchev–Trinajstić information content (AvgIpc) is 2.64. The van der Waals surface area contributed by atoms with Crippen LogP contribution in [0.5, 0.6) is 0 Å². The van der Waals surface area contributed by atoms with Crippen LogP contribution in [0.2, 0.25) is 0 Å². The summed E-state index contributed by atoms with van der Waals surface area (Å²) in [6, 6.07) is 5.26. The van der Waals surface area contributed by atoms with E-state index in [1.54, 1.807) is 26.0 Å². The minimum Gasteiger partial charge on any atom is -0.199 e. The van der Waals surface area contributed by atoms with E-state index in [9.17, 15) is 8.42 Å². The van der Waals surface area contributed by atoms with Crippen molar-refractivity contribution in [1.82, 2.24) is 9.19 Å². The largest absolute Gasteiger partial charge is 0.283 e. The third-order valence-electron chi connectivity index (χ3n) is 2.54. The molecule has 0 spiro atoms. The summed E-state index contributed by atoms with van der Waals surface area (Å²) in [7, 11) is -3.56. The van der Waals surface area contributed by atoms with E-state index < -0.39 is 10.0 Å². The van der Waals surface area contributed by atoms with Crippen LogP contribution in [0.15, 0.2) is 35.5 Å². The van der Waals surface area contributed by atoms with Crippen LogP contribution in [0.1, 0.15) is 16.7 Å². The second kappa shape index (κ2) is 4.00. The molecule has 0 fully saturated rings. The summed E-state index contributed by atoms with van der Waals surface area (Å²) < 4.78 is 25.6. The van der Waals surface area contributed by atoms with Gasteiger partial charge in [0.2, 0.25) is 0 Å². The van der Waals surface area contributed by atoms with E-state index in [0.717, 1.165) is 20.8 Å². The van der Waals surface area contributed by atoms with Gasteiger partial charge in [0.25, 0.3) is 10.0 Å². The fourth-order valence-corrected chi connectivity index (χ4v) is 3.09. The van der Waals surface area contributed by atoms with Gasteiger partial charge in [-0.25, -0.2) is 0 Å². The molecule has 0 unspecified atom stereocenters. The molecule has 0 N–H and O–H groups in total. The molecule has 4 nitrogen and oxygen atoms in total. The number of rotatable bonds is 2. The van der Waals surface area contributed by atoms with Crippen LogP contribution in [-0.2, 0) is 10.0 Å². The lowest BCUT2D eigenvalue weighted by atomic mass is 10.2. The number of hydrogen-bond acceptors (Lipinski definition) is 3. The molecule has 1 heterocycles. The minimum atomic E-state index is -3.56. The zero-order chi connectivity index (χ0) is 12.6. The Kier molecular flexibility index (Phi) is 2.79. The quantitative estimate of drug-likeness (QED) is 0.819. The Hall–Kier alpha value is -1.62. The third-order valence-corrected chi connectivity index (χ3v) is 4.25. The zero-order valence-electron chi connectivity index (χ0n) is 10.0. The molecule has 0 amide bonds. The molecule has 0 saturated heterocycles. The third kappa shape index (κ3) is 2.10. The highest BCUT2D eigenvalue weighted by atomic mass is 32.2. The van der Waals surface area contributed by atoms with Crippen molar-refractivity contribution in [3.8, 4) is 0 Å². The molecule has 1 aromatic heterocycles. The van der Waals surface area contributed by atoms with Crippen molar-refractivity contribution < 1.29 is 8.42 Å². The molecule has 1 aromatic carbocycles. The number of nitrogens with zero attached hydrogens (tertiary/aromatic N) is 2. The molecule has 2 rings (SSSR count). The lowest BCUT2D eigenvalue weighted by molar-refractivity contribution is 0.579. The maximum Gasteiger partial charge on any atom is 0.283 e. The summed E-state index contributed by atoms with van der Waals surface area (Å²) in [6.45, 7) is 5.53. The van der Waals surface area contributed by atoms with Crippen LogP contribution >= 0.6 is 0 Å². The molecular formula is C12H14N2O2S. The van der Waals surface area contributed by atoms with Crippen molar-refractivity contribution >= 4 is 10.0 Å². The van der Waals surface area contributed by atoms with Gasteiger partial charge in [-0.2, -0.15) is 17.6 Å². The van der Waals surface area contributed by atoms with Crippen LogP contribution in [0, 0.1) is 20.8 Å². The number of aromatic nitrogens is 2. The Labute approximate surface area is 101 Å². The van der Waals surface area contributed by atoms with Crippen LogP contribution in [0.3, 0.4) is 0 Å². The smallest absolute Gasteiger partial charge is 0.199 e. The molecule has 17 heavy (non-hydrogen) atoms. The molecule has 0 saturated carbocycles. The lowest BCUT2D eigenvalue weighted by Gasteiger charge is -2.08. The second-order valence-corrected chi connectivity index (χ2v) is 5.93. The van der Waals surface area contributed by atoms with Gasteiger partial charge in [0, 0.05) is 6.20 Å². The highest BCUT2D eigenvalue weighted by Crippen LogP contribution is 2.19. The average molecular weight is 250 g/mol. The molecule has 0 radical (unpaired) electrons. The summed E-state index contributed by atoms with van der Waals surface area (Å²) in [5.41, 5.74) is 2.59. The monoisotopic (exact) mass is 250 g/mol. The standard InChI is InChI=1S/C12H14N2O2S/c1-9-4-5-12(11(3)6-9)17(15,16)14-8-10(2)7-13-14/h4-8H,1-3H3. The number of benzene rings is 1. The van der Waals surface area contributed by atoms with Gasteiger partial charge in [0.1, 0.15) is 0 Å². The van der Waals surface area contributed by atoms with E-state index in [2.05, 4.69) is 5.10 Å². The minimum absolute atomic E-state index is 0.297.